The molecule has 0 amide bonds. The molecule has 3 N–H and O–H groups in total. The first-order valence-electron chi connectivity index (χ1n) is 6.84. The van der Waals surface area contributed by atoms with Gasteiger partial charge in [-0.3, -0.25) is 4.68 Å². The van der Waals surface area contributed by atoms with Crippen molar-refractivity contribution in [1.29, 1.82) is 0 Å². The van der Waals surface area contributed by atoms with Crippen molar-refractivity contribution in [3.8, 4) is 0 Å². The Morgan fingerprint density at radius 2 is 2.10 bits per heavy atom. The van der Waals surface area contributed by atoms with Crippen LogP contribution >= 0.6 is 0 Å². The lowest BCUT2D eigenvalue weighted by atomic mass is 10.3. The van der Waals surface area contributed by atoms with Crippen molar-refractivity contribution >= 4 is 15.8 Å². The standard InChI is InChI=1S/C12H25N5O2S/c1-4-8-17-10-11(12(13)15-17)20(18,19)14-7-5-6-9-16(2)3/h10,14H,4-9H2,1-3H3,(H2,13,15). The number of sulfonamides is 1. The first-order valence-corrected chi connectivity index (χ1v) is 8.32. The molecule has 0 saturated carbocycles. The van der Waals surface area contributed by atoms with Crippen molar-refractivity contribution in [2.24, 2.45) is 0 Å². The number of rotatable bonds is 9. The van der Waals surface area contributed by atoms with Crippen molar-refractivity contribution in [3.63, 3.8) is 0 Å². The van der Waals surface area contributed by atoms with E-state index in [9.17, 15) is 8.42 Å². The maximum Gasteiger partial charge on any atom is 0.245 e. The fourth-order valence-electron chi connectivity index (χ4n) is 1.81. The summed E-state index contributed by atoms with van der Waals surface area (Å²) in [6, 6.07) is 0. The van der Waals surface area contributed by atoms with Crippen LogP contribution in [0.25, 0.3) is 0 Å². The molecule has 1 rings (SSSR count). The molecule has 8 heteroatoms. The number of hydrogen-bond donors (Lipinski definition) is 2. The van der Waals surface area contributed by atoms with Crippen LogP contribution in [0, 0.1) is 0 Å². The predicted octanol–water partition coefficient (Wildman–Crippen LogP) is 0.495. The average Bonchev–Trinajstić information content (AvgIpc) is 2.70. The second kappa shape index (κ2) is 7.61. The molecule has 0 atom stereocenters. The quantitative estimate of drug-likeness (QED) is 0.648. The van der Waals surface area contributed by atoms with Gasteiger partial charge in [0.2, 0.25) is 10.0 Å². The van der Waals surface area contributed by atoms with Gasteiger partial charge in [-0.1, -0.05) is 6.92 Å². The molecule has 20 heavy (non-hydrogen) atoms. The highest BCUT2D eigenvalue weighted by Gasteiger charge is 2.20. The molecule has 0 bridgehead atoms. The van der Waals surface area contributed by atoms with E-state index in [-0.39, 0.29) is 10.7 Å². The Bertz CT molecular complexity index is 510. The van der Waals surface area contributed by atoms with Crippen molar-refractivity contribution in [1.82, 2.24) is 19.4 Å². The largest absolute Gasteiger partial charge is 0.381 e. The Balaban J connectivity index is 2.55. The number of aryl methyl sites for hydroxylation is 1. The van der Waals surface area contributed by atoms with Crippen LogP contribution < -0.4 is 10.5 Å². The maximum atomic E-state index is 12.1. The number of nitrogens with two attached hydrogens (primary N) is 1. The molecule has 0 unspecified atom stereocenters. The van der Waals surface area contributed by atoms with E-state index in [0.29, 0.717) is 13.1 Å². The lowest BCUT2D eigenvalue weighted by Crippen LogP contribution is -2.26. The first kappa shape index (κ1) is 16.9. The summed E-state index contributed by atoms with van der Waals surface area (Å²) in [5.41, 5.74) is 5.67. The number of unbranched alkanes of at least 4 members (excludes halogenated alkanes) is 1. The van der Waals surface area contributed by atoms with Crippen LogP contribution in [0.4, 0.5) is 5.82 Å². The minimum atomic E-state index is -3.56. The zero-order valence-corrected chi connectivity index (χ0v) is 13.3. The van der Waals surface area contributed by atoms with Gasteiger partial charge in [-0.15, -0.1) is 0 Å². The summed E-state index contributed by atoms with van der Waals surface area (Å²) in [6.07, 6.45) is 4.10. The number of aromatic nitrogens is 2. The van der Waals surface area contributed by atoms with Crippen molar-refractivity contribution in [2.45, 2.75) is 37.6 Å². The summed E-state index contributed by atoms with van der Waals surface area (Å²) >= 11 is 0. The van der Waals surface area contributed by atoms with E-state index in [2.05, 4.69) is 14.7 Å². The Kier molecular flexibility index (Phi) is 6.44. The molecule has 0 aliphatic heterocycles. The molecule has 0 aromatic carbocycles. The molecule has 0 spiro atoms. The van der Waals surface area contributed by atoms with E-state index in [4.69, 9.17) is 5.73 Å². The summed E-state index contributed by atoms with van der Waals surface area (Å²) in [5, 5.41) is 4.00. The lowest BCUT2D eigenvalue weighted by Gasteiger charge is -2.09. The second-order valence-electron chi connectivity index (χ2n) is 5.05. The Morgan fingerprint density at radius 1 is 1.40 bits per heavy atom. The van der Waals surface area contributed by atoms with E-state index in [0.717, 1.165) is 25.8 Å². The normalized spacial score (nSPS) is 12.2. The molecule has 1 aromatic heterocycles. The van der Waals surface area contributed by atoms with Crippen molar-refractivity contribution < 1.29 is 8.42 Å². The molecule has 7 nitrogen and oxygen atoms in total. The van der Waals surface area contributed by atoms with Gasteiger partial charge in [0.05, 0.1) is 0 Å². The predicted molar refractivity (Wildman–Crippen MR) is 79.9 cm³/mol. The van der Waals surface area contributed by atoms with Crippen LogP contribution in [0.2, 0.25) is 0 Å². The second-order valence-corrected chi connectivity index (χ2v) is 6.79. The van der Waals surface area contributed by atoms with Crippen LogP contribution in [0.1, 0.15) is 26.2 Å². The Morgan fingerprint density at radius 3 is 2.70 bits per heavy atom. The fourth-order valence-corrected chi connectivity index (χ4v) is 2.95. The first-order chi connectivity index (χ1) is 9.36. The van der Waals surface area contributed by atoms with Gasteiger partial charge in [0.1, 0.15) is 4.90 Å². The lowest BCUT2D eigenvalue weighted by molar-refractivity contribution is 0.394. The van der Waals surface area contributed by atoms with E-state index in [1.807, 2.05) is 21.0 Å². The number of anilines is 1. The molecule has 0 radical (unpaired) electrons. The van der Waals surface area contributed by atoms with Gasteiger partial charge in [0.25, 0.3) is 0 Å². The van der Waals surface area contributed by atoms with Crippen LogP contribution in [-0.4, -0.2) is 50.3 Å². The maximum absolute atomic E-state index is 12.1. The fraction of sp³-hybridized carbons (Fsp3) is 0.750. The van der Waals surface area contributed by atoms with Gasteiger partial charge in [0, 0.05) is 19.3 Å². The van der Waals surface area contributed by atoms with E-state index in [1.54, 1.807) is 4.68 Å². The summed E-state index contributed by atoms with van der Waals surface area (Å²) in [4.78, 5) is 2.14. The van der Waals surface area contributed by atoms with E-state index < -0.39 is 10.0 Å². The number of nitrogens with zero attached hydrogens (tertiary/aromatic N) is 3. The summed E-state index contributed by atoms with van der Waals surface area (Å²) in [6.45, 7) is 4.00. The summed E-state index contributed by atoms with van der Waals surface area (Å²) in [7, 11) is 0.425. The minimum Gasteiger partial charge on any atom is -0.381 e. The SMILES string of the molecule is CCCn1cc(S(=O)(=O)NCCCCN(C)C)c(N)n1. The average molecular weight is 303 g/mol. The van der Waals surface area contributed by atoms with Gasteiger partial charge >= 0.3 is 0 Å². The highest BCUT2D eigenvalue weighted by atomic mass is 32.2. The number of hydrogen-bond acceptors (Lipinski definition) is 5. The highest BCUT2D eigenvalue weighted by Crippen LogP contribution is 2.16. The third-order valence-electron chi connectivity index (χ3n) is 2.82. The third kappa shape index (κ3) is 5.10. The number of nitrogen functional groups attached to an aromatic ring is 1. The molecule has 0 aliphatic carbocycles. The molecule has 0 fully saturated rings. The van der Waals surface area contributed by atoms with Crippen LogP contribution in [0.3, 0.4) is 0 Å². The third-order valence-corrected chi connectivity index (χ3v) is 4.30. The van der Waals surface area contributed by atoms with Gasteiger partial charge in [0.15, 0.2) is 5.82 Å². The zero-order valence-electron chi connectivity index (χ0n) is 12.5. The molecular weight excluding hydrogens is 278 g/mol. The highest BCUT2D eigenvalue weighted by molar-refractivity contribution is 7.89. The Labute approximate surface area is 121 Å². The Hall–Kier alpha value is -1.12. The smallest absolute Gasteiger partial charge is 0.245 e. The molecule has 116 valence electrons. The van der Waals surface area contributed by atoms with Crippen molar-refractivity contribution in [2.75, 3.05) is 32.9 Å². The van der Waals surface area contributed by atoms with Crippen LogP contribution in [0.5, 0.6) is 0 Å². The topological polar surface area (TPSA) is 93.2 Å². The molecular formula is C12H25N5O2S. The van der Waals surface area contributed by atoms with Gasteiger partial charge in [-0.25, -0.2) is 13.1 Å². The summed E-state index contributed by atoms with van der Waals surface area (Å²) in [5.74, 6) is 0.0549. The zero-order chi connectivity index (χ0) is 15.2. The minimum absolute atomic E-state index is 0.0549. The number of nitrogens with one attached hydrogen (secondary N) is 1. The van der Waals surface area contributed by atoms with Gasteiger partial charge in [-0.05, 0) is 39.9 Å². The summed E-state index contributed by atoms with van der Waals surface area (Å²) < 4.78 is 28.4. The molecule has 1 heterocycles. The van der Waals surface area contributed by atoms with Gasteiger partial charge in [-0.2, -0.15) is 5.10 Å². The van der Waals surface area contributed by atoms with Crippen LogP contribution in [-0.2, 0) is 16.6 Å². The molecule has 0 saturated heterocycles. The van der Waals surface area contributed by atoms with E-state index >= 15 is 0 Å². The molecule has 0 aliphatic rings. The van der Waals surface area contributed by atoms with Crippen LogP contribution in [0.15, 0.2) is 11.1 Å². The van der Waals surface area contributed by atoms with Crippen molar-refractivity contribution in [3.05, 3.63) is 6.20 Å². The molecule has 1 aromatic rings. The van der Waals surface area contributed by atoms with E-state index in [1.165, 1.54) is 6.20 Å². The van der Waals surface area contributed by atoms with Gasteiger partial charge < -0.3 is 10.6 Å². The monoisotopic (exact) mass is 303 g/mol.